The van der Waals surface area contributed by atoms with Crippen molar-refractivity contribution in [3.63, 3.8) is 0 Å². The van der Waals surface area contributed by atoms with Crippen LogP contribution in [0.15, 0.2) is 36.4 Å². The molecule has 0 bridgehead atoms. The summed E-state index contributed by atoms with van der Waals surface area (Å²) in [5.41, 5.74) is -0.553. The van der Waals surface area contributed by atoms with Crippen LogP contribution in [0.2, 0.25) is 4.34 Å². The van der Waals surface area contributed by atoms with Crippen LogP contribution in [0.5, 0.6) is 5.75 Å². The first-order valence-corrected chi connectivity index (χ1v) is 9.95. The fourth-order valence-electron chi connectivity index (χ4n) is 3.53. The zero-order valence-corrected chi connectivity index (χ0v) is 16.7. The number of hydrogen-bond donors (Lipinski definition) is 1. The minimum atomic E-state index is -1.17. The second kappa shape index (κ2) is 7.10. The summed E-state index contributed by atoms with van der Waals surface area (Å²) >= 11 is 7.31. The summed E-state index contributed by atoms with van der Waals surface area (Å²) in [6.45, 7) is 0.358. The van der Waals surface area contributed by atoms with Crippen LogP contribution < -0.4 is 10.1 Å². The standard InChI is InChI=1S/C19H18ClN3O4S/c1-22(10-12-6-7-15(20)28-12)16(24)11-23-17(25)19(21-18(23)26)8-9-27-14-5-3-2-4-13(14)19/h2-7H,8-11H2,1H3,(H,21,26). The van der Waals surface area contributed by atoms with Gasteiger partial charge in [0, 0.05) is 23.9 Å². The normalized spacial score (nSPS) is 20.7. The first-order valence-electron chi connectivity index (χ1n) is 8.75. The van der Waals surface area contributed by atoms with Crippen LogP contribution in [-0.4, -0.2) is 47.8 Å². The van der Waals surface area contributed by atoms with Gasteiger partial charge in [0.25, 0.3) is 5.91 Å². The third-order valence-electron chi connectivity index (χ3n) is 5.00. The summed E-state index contributed by atoms with van der Waals surface area (Å²) in [6.07, 6.45) is 0.322. The Morgan fingerprint density at radius 1 is 1.32 bits per heavy atom. The molecule has 2 aliphatic heterocycles. The Balaban J connectivity index is 1.51. The third-order valence-corrected chi connectivity index (χ3v) is 6.21. The lowest BCUT2D eigenvalue weighted by atomic mass is 9.84. The van der Waals surface area contributed by atoms with E-state index in [4.69, 9.17) is 16.3 Å². The number of urea groups is 1. The molecule has 4 amide bonds. The number of likely N-dealkylation sites (N-methyl/N-ethyl adjacent to an activating group) is 1. The highest BCUT2D eigenvalue weighted by Gasteiger charge is 2.55. The van der Waals surface area contributed by atoms with Crippen molar-refractivity contribution in [1.82, 2.24) is 15.1 Å². The van der Waals surface area contributed by atoms with Gasteiger partial charge in [-0.1, -0.05) is 29.8 Å². The number of carbonyl (C=O) groups excluding carboxylic acids is 3. The molecule has 4 rings (SSSR count). The van der Waals surface area contributed by atoms with E-state index in [-0.39, 0.29) is 12.5 Å². The molecule has 1 atom stereocenters. The summed E-state index contributed by atoms with van der Waals surface area (Å²) < 4.78 is 6.25. The van der Waals surface area contributed by atoms with Gasteiger partial charge in [0.15, 0.2) is 5.54 Å². The average molecular weight is 420 g/mol. The van der Waals surface area contributed by atoms with Gasteiger partial charge in [0.2, 0.25) is 5.91 Å². The van der Waals surface area contributed by atoms with Gasteiger partial charge >= 0.3 is 6.03 Å². The second-order valence-electron chi connectivity index (χ2n) is 6.78. The number of rotatable bonds is 4. The van der Waals surface area contributed by atoms with Crippen molar-refractivity contribution in [3.05, 3.63) is 51.2 Å². The molecule has 1 aromatic heterocycles. The monoisotopic (exact) mass is 419 g/mol. The molecule has 0 aliphatic carbocycles. The summed E-state index contributed by atoms with van der Waals surface area (Å²) in [4.78, 5) is 41.7. The van der Waals surface area contributed by atoms with Gasteiger partial charge in [-0.25, -0.2) is 4.79 Å². The maximum atomic E-state index is 13.2. The van der Waals surface area contributed by atoms with E-state index >= 15 is 0 Å². The van der Waals surface area contributed by atoms with Gasteiger partial charge in [-0.2, -0.15) is 0 Å². The molecule has 1 N–H and O–H groups in total. The smallest absolute Gasteiger partial charge is 0.325 e. The van der Waals surface area contributed by atoms with Crippen molar-refractivity contribution >= 4 is 40.8 Å². The Labute approximate surface area is 170 Å². The molecule has 0 radical (unpaired) electrons. The molecule has 1 unspecified atom stereocenters. The SMILES string of the molecule is CN(Cc1ccc(Cl)s1)C(=O)CN1C(=O)NC2(CCOc3ccccc32)C1=O. The first kappa shape index (κ1) is 18.8. The van der Waals surface area contributed by atoms with Crippen molar-refractivity contribution in [2.45, 2.75) is 18.5 Å². The van der Waals surface area contributed by atoms with E-state index in [1.165, 1.54) is 16.2 Å². The van der Waals surface area contributed by atoms with Crippen LogP contribution in [0.25, 0.3) is 0 Å². The molecule has 0 saturated carbocycles. The largest absolute Gasteiger partial charge is 0.493 e. The minimum absolute atomic E-state index is 0.309. The van der Waals surface area contributed by atoms with E-state index in [2.05, 4.69) is 5.32 Å². The number of thiophene rings is 1. The molecule has 146 valence electrons. The van der Waals surface area contributed by atoms with Gasteiger partial charge in [-0.3, -0.25) is 14.5 Å². The van der Waals surface area contributed by atoms with Crippen molar-refractivity contribution in [2.75, 3.05) is 20.2 Å². The van der Waals surface area contributed by atoms with Crippen LogP contribution in [0.3, 0.4) is 0 Å². The number of hydrogen-bond acceptors (Lipinski definition) is 5. The molecule has 7 nitrogen and oxygen atoms in total. The molecule has 3 heterocycles. The lowest BCUT2D eigenvalue weighted by molar-refractivity contribution is -0.139. The van der Waals surface area contributed by atoms with Gasteiger partial charge in [0.1, 0.15) is 12.3 Å². The number of carbonyl (C=O) groups is 3. The maximum Gasteiger partial charge on any atom is 0.325 e. The number of benzene rings is 1. The number of amides is 4. The van der Waals surface area contributed by atoms with E-state index in [0.29, 0.717) is 35.2 Å². The van der Waals surface area contributed by atoms with E-state index in [9.17, 15) is 14.4 Å². The van der Waals surface area contributed by atoms with E-state index in [0.717, 1.165) is 9.78 Å². The molecular formula is C19H18ClN3O4S. The predicted octanol–water partition coefficient (Wildman–Crippen LogP) is 2.59. The van der Waals surface area contributed by atoms with E-state index in [1.54, 1.807) is 31.3 Å². The fourth-order valence-corrected chi connectivity index (χ4v) is 4.67. The van der Waals surface area contributed by atoms with Crippen molar-refractivity contribution in [2.24, 2.45) is 0 Å². The Morgan fingerprint density at radius 3 is 2.86 bits per heavy atom. The van der Waals surface area contributed by atoms with Crippen molar-refractivity contribution in [1.29, 1.82) is 0 Å². The van der Waals surface area contributed by atoms with Crippen molar-refractivity contribution in [3.8, 4) is 5.75 Å². The van der Waals surface area contributed by atoms with Crippen LogP contribution in [0.1, 0.15) is 16.9 Å². The summed E-state index contributed by atoms with van der Waals surface area (Å²) in [5, 5.41) is 2.79. The number of ether oxygens (including phenoxy) is 1. The highest BCUT2D eigenvalue weighted by atomic mass is 35.5. The zero-order valence-electron chi connectivity index (χ0n) is 15.1. The summed E-state index contributed by atoms with van der Waals surface area (Å²) in [7, 11) is 1.63. The van der Waals surface area contributed by atoms with Crippen molar-refractivity contribution < 1.29 is 19.1 Å². The number of nitrogens with one attached hydrogen (secondary N) is 1. The topological polar surface area (TPSA) is 79.0 Å². The highest BCUT2D eigenvalue weighted by Crippen LogP contribution is 2.40. The first-order chi connectivity index (χ1) is 13.4. The van der Waals surface area contributed by atoms with Crippen LogP contribution >= 0.6 is 22.9 Å². The number of para-hydroxylation sites is 1. The molecule has 1 spiro atoms. The van der Waals surface area contributed by atoms with Crippen LogP contribution in [-0.2, 0) is 21.7 Å². The zero-order chi connectivity index (χ0) is 19.9. The average Bonchev–Trinajstić information content (AvgIpc) is 3.18. The minimum Gasteiger partial charge on any atom is -0.493 e. The number of fused-ring (bicyclic) bond motifs is 2. The maximum absolute atomic E-state index is 13.2. The third kappa shape index (κ3) is 3.12. The molecule has 9 heteroatoms. The second-order valence-corrected chi connectivity index (χ2v) is 8.58. The molecule has 1 saturated heterocycles. The Morgan fingerprint density at radius 2 is 2.11 bits per heavy atom. The van der Waals surface area contributed by atoms with Gasteiger partial charge in [0.05, 0.1) is 17.5 Å². The Hall–Kier alpha value is -2.58. The number of imide groups is 1. The van der Waals surface area contributed by atoms with Crippen LogP contribution in [0.4, 0.5) is 4.79 Å². The Bertz CT molecular complexity index is 962. The summed E-state index contributed by atoms with van der Waals surface area (Å²) in [5.74, 6) is -0.179. The molecule has 2 aromatic rings. The quantitative estimate of drug-likeness (QED) is 0.772. The molecule has 1 fully saturated rings. The van der Waals surface area contributed by atoms with E-state index in [1.807, 2.05) is 12.1 Å². The van der Waals surface area contributed by atoms with Gasteiger partial charge in [-0.05, 0) is 18.2 Å². The lowest BCUT2D eigenvalue weighted by Gasteiger charge is -2.33. The Kier molecular flexibility index (Phi) is 4.76. The lowest BCUT2D eigenvalue weighted by Crippen LogP contribution is -2.48. The molecule has 28 heavy (non-hydrogen) atoms. The number of halogens is 1. The highest BCUT2D eigenvalue weighted by molar-refractivity contribution is 7.16. The van der Waals surface area contributed by atoms with Gasteiger partial charge in [-0.15, -0.1) is 11.3 Å². The van der Waals surface area contributed by atoms with Gasteiger partial charge < -0.3 is 15.0 Å². The molecular weight excluding hydrogens is 402 g/mol. The number of nitrogens with zero attached hydrogens (tertiary/aromatic N) is 2. The molecule has 2 aliphatic rings. The summed E-state index contributed by atoms with van der Waals surface area (Å²) in [6, 6.07) is 10.2. The van der Waals surface area contributed by atoms with E-state index < -0.39 is 17.5 Å². The predicted molar refractivity (Wildman–Crippen MR) is 104 cm³/mol. The fraction of sp³-hybridized carbons (Fsp3) is 0.316. The van der Waals surface area contributed by atoms with Crippen LogP contribution in [0, 0.1) is 0 Å². The molecule has 1 aromatic carbocycles.